The van der Waals surface area contributed by atoms with Crippen molar-refractivity contribution in [3.8, 4) is 0 Å². The number of hydrogen-bond acceptors (Lipinski definition) is 4. The fourth-order valence-corrected chi connectivity index (χ4v) is 3.45. The molecule has 0 fully saturated rings. The third kappa shape index (κ3) is 2.72. The molecule has 5 nitrogen and oxygen atoms in total. The first-order valence-corrected chi connectivity index (χ1v) is 8.41. The summed E-state index contributed by atoms with van der Waals surface area (Å²) in [7, 11) is 0. The lowest BCUT2D eigenvalue weighted by Crippen LogP contribution is -2.19. The molecule has 0 radical (unpaired) electrons. The number of carbonyl (C=O) groups excluding carboxylic acids is 2. The molecule has 0 saturated carbocycles. The van der Waals surface area contributed by atoms with Crippen molar-refractivity contribution < 1.29 is 9.59 Å². The second kappa shape index (κ2) is 5.98. The minimum absolute atomic E-state index is 0.0314. The fourth-order valence-electron chi connectivity index (χ4n) is 2.66. The van der Waals surface area contributed by atoms with Gasteiger partial charge in [0.2, 0.25) is 5.91 Å². The lowest BCUT2D eigenvalue weighted by molar-refractivity contribution is -0.113. The number of nitrogens with one attached hydrogen (secondary N) is 2. The molecule has 4 rings (SSSR count). The van der Waals surface area contributed by atoms with E-state index < -0.39 is 0 Å². The van der Waals surface area contributed by atoms with Gasteiger partial charge in [-0.3, -0.25) is 14.6 Å². The van der Waals surface area contributed by atoms with Crippen LogP contribution in [0.5, 0.6) is 0 Å². The van der Waals surface area contributed by atoms with E-state index in [-0.39, 0.29) is 11.8 Å². The minimum Gasteiger partial charge on any atom is -0.324 e. The van der Waals surface area contributed by atoms with Gasteiger partial charge in [0.1, 0.15) is 0 Å². The maximum absolute atomic E-state index is 12.6. The van der Waals surface area contributed by atoms with Gasteiger partial charge in [0.05, 0.1) is 17.0 Å². The molecule has 2 N–H and O–H groups in total. The number of amides is 2. The summed E-state index contributed by atoms with van der Waals surface area (Å²) in [6, 6.07) is 14.7. The summed E-state index contributed by atoms with van der Waals surface area (Å²) in [5, 5.41) is 6.51. The largest absolute Gasteiger partial charge is 0.324 e. The summed E-state index contributed by atoms with van der Waals surface area (Å²) in [6.07, 6.45) is 1.70. The standard InChI is InChI=1S/C18H13N3O2S/c22-17-10-24-16-7-6-11(9-15(16)21-17)20-18(23)13-3-1-5-14-12(13)4-2-8-19-14/h1-9H,10H2,(H,20,23)(H,21,22). The molecule has 0 bridgehead atoms. The number of nitrogens with zero attached hydrogens (tertiary/aromatic N) is 1. The van der Waals surface area contributed by atoms with E-state index in [1.54, 1.807) is 18.3 Å². The summed E-state index contributed by atoms with van der Waals surface area (Å²) < 4.78 is 0. The lowest BCUT2D eigenvalue weighted by atomic mass is 10.1. The van der Waals surface area contributed by atoms with Crippen LogP contribution in [0.25, 0.3) is 10.9 Å². The van der Waals surface area contributed by atoms with Crippen LogP contribution in [-0.2, 0) is 4.79 Å². The maximum Gasteiger partial charge on any atom is 0.256 e. The highest BCUT2D eigenvalue weighted by molar-refractivity contribution is 8.00. The van der Waals surface area contributed by atoms with Gasteiger partial charge in [0.15, 0.2) is 0 Å². The van der Waals surface area contributed by atoms with Crippen LogP contribution < -0.4 is 10.6 Å². The topological polar surface area (TPSA) is 71.1 Å². The quantitative estimate of drug-likeness (QED) is 0.751. The van der Waals surface area contributed by atoms with Crippen LogP contribution in [0.4, 0.5) is 11.4 Å². The molecule has 0 spiro atoms. The summed E-state index contributed by atoms with van der Waals surface area (Å²) in [6.45, 7) is 0. The predicted molar refractivity (Wildman–Crippen MR) is 95.5 cm³/mol. The highest BCUT2D eigenvalue weighted by Crippen LogP contribution is 2.33. The van der Waals surface area contributed by atoms with Gasteiger partial charge in [0.25, 0.3) is 5.91 Å². The molecule has 1 aliphatic rings. The summed E-state index contributed by atoms with van der Waals surface area (Å²) in [4.78, 5) is 29.4. The van der Waals surface area contributed by atoms with E-state index in [2.05, 4.69) is 15.6 Å². The van der Waals surface area contributed by atoms with Crippen LogP contribution in [0.3, 0.4) is 0 Å². The van der Waals surface area contributed by atoms with Crippen molar-refractivity contribution in [2.24, 2.45) is 0 Å². The Morgan fingerprint density at radius 2 is 2.08 bits per heavy atom. The normalized spacial score (nSPS) is 13.2. The van der Waals surface area contributed by atoms with E-state index in [9.17, 15) is 9.59 Å². The van der Waals surface area contributed by atoms with Crippen LogP contribution in [0.15, 0.2) is 59.6 Å². The molecule has 3 aromatic rings. The Hall–Kier alpha value is -2.86. The lowest BCUT2D eigenvalue weighted by Gasteiger charge is -2.17. The van der Waals surface area contributed by atoms with E-state index in [1.807, 2.05) is 36.4 Å². The summed E-state index contributed by atoms with van der Waals surface area (Å²) in [5.74, 6) is 0.182. The number of anilines is 2. The first-order chi connectivity index (χ1) is 11.7. The van der Waals surface area contributed by atoms with E-state index in [0.717, 1.165) is 21.5 Å². The highest BCUT2D eigenvalue weighted by atomic mass is 32.2. The average molecular weight is 335 g/mol. The Balaban J connectivity index is 1.64. The molecule has 24 heavy (non-hydrogen) atoms. The molecule has 0 atom stereocenters. The average Bonchev–Trinajstić information content (AvgIpc) is 2.61. The monoisotopic (exact) mass is 335 g/mol. The Morgan fingerprint density at radius 1 is 1.17 bits per heavy atom. The van der Waals surface area contributed by atoms with Gasteiger partial charge in [0, 0.05) is 27.7 Å². The predicted octanol–water partition coefficient (Wildman–Crippen LogP) is 3.53. The van der Waals surface area contributed by atoms with E-state index >= 15 is 0 Å². The van der Waals surface area contributed by atoms with Gasteiger partial charge in [-0.25, -0.2) is 0 Å². The van der Waals surface area contributed by atoms with Crippen LogP contribution >= 0.6 is 11.8 Å². The first-order valence-electron chi connectivity index (χ1n) is 7.42. The molecule has 0 unspecified atom stereocenters. The van der Waals surface area contributed by atoms with Gasteiger partial charge in [-0.15, -0.1) is 11.8 Å². The van der Waals surface area contributed by atoms with Gasteiger partial charge in [-0.1, -0.05) is 12.1 Å². The molecule has 118 valence electrons. The van der Waals surface area contributed by atoms with Crippen molar-refractivity contribution >= 4 is 45.9 Å². The Morgan fingerprint density at radius 3 is 3.00 bits per heavy atom. The number of fused-ring (bicyclic) bond motifs is 2. The SMILES string of the molecule is O=C1CSc2ccc(NC(=O)c3cccc4ncccc34)cc2N1. The first kappa shape index (κ1) is 14.7. The highest BCUT2D eigenvalue weighted by Gasteiger charge is 2.16. The summed E-state index contributed by atoms with van der Waals surface area (Å²) >= 11 is 1.49. The minimum atomic E-state index is -0.205. The summed E-state index contributed by atoms with van der Waals surface area (Å²) in [5.41, 5.74) is 2.71. The van der Waals surface area contributed by atoms with Crippen molar-refractivity contribution in [2.45, 2.75) is 4.90 Å². The van der Waals surface area contributed by atoms with Crippen LogP contribution in [0, 0.1) is 0 Å². The molecule has 2 amide bonds. The Kier molecular flexibility index (Phi) is 3.66. The van der Waals surface area contributed by atoms with E-state index in [1.165, 1.54) is 11.8 Å². The Labute approximate surface area is 142 Å². The van der Waals surface area contributed by atoms with Gasteiger partial charge in [-0.2, -0.15) is 0 Å². The van der Waals surface area contributed by atoms with Gasteiger partial charge in [-0.05, 0) is 36.4 Å². The molecule has 1 aromatic heterocycles. The van der Waals surface area contributed by atoms with Crippen LogP contribution in [0.2, 0.25) is 0 Å². The van der Waals surface area contributed by atoms with Crippen molar-refractivity contribution in [2.75, 3.05) is 16.4 Å². The Bertz CT molecular complexity index is 966. The second-order valence-corrected chi connectivity index (χ2v) is 6.39. The van der Waals surface area contributed by atoms with E-state index in [0.29, 0.717) is 17.0 Å². The third-order valence-corrected chi connectivity index (χ3v) is 4.83. The molecular weight excluding hydrogens is 322 g/mol. The zero-order valence-corrected chi connectivity index (χ0v) is 13.4. The maximum atomic E-state index is 12.6. The van der Waals surface area contributed by atoms with Crippen molar-refractivity contribution in [3.05, 3.63) is 60.3 Å². The molecule has 1 aliphatic heterocycles. The van der Waals surface area contributed by atoms with Crippen LogP contribution in [-0.4, -0.2) is 22.6 Å². The van der Waals surface area contributed by atoms with E-state index in [4.69, 9.17) is 0 Å². The zero-order chi connectivity index (χ0) is 16.5. The van der Waals surface area contributed by atoms with Gasteiger partial charge >= 0.3 is 0 Å². The number of benzene rings is 2. The molecular formula is C18H13N3O2S. The van der Waals surface area contributed by atoms with Crippen LogP contribution in [0.1, 0.15) is 10.4 Å². The number of thioether (sulfide) groups is 1. The molecule has 2 heterocycles. The second-order valence-electron chi connectivity index (χ2n) is 5.38. The number of carbonyl (C=O) groups is 2. The molecule has 6 heteroatoms. The van der Waals surface area contributed by atoms with Crippen molar-refractivity contribution in [1.82, 2.24) is 4.98 Å². The third-order valence-electron chi connectivity index (χ3n) is 3.76. The number of aromatic nitrogens is 1. The zero-order valence-electron chi connectivity index (χ0n) is 12.6. The van der Waals surface area contributed by atoms with Gasteiger partial charge < -0.3 is 10.6 Å². The molecule has 0 aliphatic carbocycles. The number of rotatable bonds is 2. The number of pyridine rings is 1. The van der Waals surface area contributed by atoms with Crippen molar-refractivity contribution in [3.63, 3.8) is 0 Å². The van der Waals surface area contributed by atoms with Crippen molar-refractivity contribution in [1.29, 1.82) is 0 Å². The fraction of sp³-hybridized carbons (Fsp3) is 0.0556. The molecule has 2 aromatic carbocycles. The molecule has 0 saturated heterocycles. The smallest absolute Gasteiger partial charge is 0.256 e. The number of hydrogen-bond donors (Lipinski definition) is 2.